The first-order valence-electron chi connectivity index (χ1n) is 6.97. The number of nitrogens with one attached hydrogen (secondary N) is 1. The van der Waals surface area contributed by atoms with Gasteiger partial charge in [-0.3, -0.25) is 4.79 Å². The number of halogens is 1. The van der Waals surface area contributed by atoms with Crippen LogP contribution in [-0.4, -0.2) is 24.1 Å². The monoisotopic (exact) mass is 320 g/mol. The van der Waals surface area contributed by atoms with Gasteiger partial charge in [0.2, 0.25) is 5.88 Å². The zero-order chi connectivity index (χ0) is 15.9. The van der Waals surface area contributed by atoms with Gasteiger partial charge in [0, 0.05) is 6.20 Å². The van der Waals surface area contributed by atoms with E-state index in [0.29, 0.717) is 41.1 Å². The largest absolute Gasteiger partial charge is 0.490 e. The predicted molar refractivity (Wildman–Crippen MR) is 86.0 cm³/mol. The van der Waals surface area contributed by atoms with Crippen molar-refractivity contribution in [3.05, 3.63) is 47.1 Å². The van der Waals surface area contributed by atoms with Gasteiger partial charge in [0.05, 0.1) is 23.9 Å². The van der Waals surface area contributed by atoms with Crippen LogP contribution in [0.5, 0.6) is 11.6 Å². The first kappa shape index (κ1) is 16.1. The third kappa shape index (κ3) is 3.68. The van der Waals surface area contributed by atoms with Gasteiger partial charge in [-0.1, -0.05) is 17.7 Å². The van der Waals surface area contributed by atoms with Crippen LogP contribution in [0.15, 0.2) is 36.5 Å². The molecule has 0 bridgehead atoms. The minimum Gasteiger partial charge on any atom is -0.490 e. The summed E-state index contributed by atoms with van der Waals surface area (Å²) in [6.45, 7) is 4.56. The summed E-state index contributed by atoms with van der Waals surface area (Å²) in [7, 11) is 0. The molecule has 0 radical (unpaired) electrons. The van der Waals surface area contributed by atoms with Crippen LogP contribution in [-0.2, 0) is 0 Å². The minimum atomic E-state index is -0.334. The number of ether oxygens (including phenoxy) is 2. The molecule has 0 fully saturated rings. The van der Waals surface area contributed by atoms with Crippen molar-refractivity contribution in [1.29, 1.82) is 0 Å². The number of para-hydroxylation sites is 1. The Morgan fingerprint density at radius 2 is 1.95 bits per heavy atom. The number of amides is 1. The number of carbonyl (C=O) groups is 1. The van der Waals surface area contributed by atoms with Crippen molar-refractivity contribution in [2.24, 2.45) is 0 Å². The number of carbonyl (C=O) groups excluding carboxylic acids is 1. The lowest BCUT2D eigenvalue weighted by Gasteiger charge is -2.14. The molecular formula is C16H17ClN2O3. The minimum absolute atomic E-state index is 0.294. The summed E-state index contributed by atoms with van der Waals surface area (Å²) in [5, 5.41) is 3.22. The second-order valence-electron chi connectivity index (χ2n) is 4.29. The van der Waals surface area contributed by atoms with E-state index in [2.05, 4.69) is 10.3 Å². The van der Waals surface area contributed by atoms with Crippen molar-refractivity contribution in [3.63, 3.8) is 0 Å². The molecule has 2 aromatic rings. The smallest absolute Gasteiger partial charge is 0.261 e. The fraction of sp³-hybridized carbons (Fsp3) is 0.250. The third-order valence-electron chi connectivity index (χ3n) is 2.80. The third-order valence-corrected chi connectivity index (χ3v) is 3.10. The van der Waals surface area contributed by atoms with E-state index in [0.717, 1.165) is 0 Å². The van der Waals surface area contributed by atoms with E-state index in [9.17, 15) is 4.79 Å². The number of rotatable bonds is 6. The van der Waals surface area contributed by atoms with Crippen molar-refractivity contribution in [2.45, 2.75) is 13.8 Å². The highest BCUT2D eigenvalue weighted by Crippen LogP contribution is 2.33. The van der Waals surface area contributed by atoms with Crippen LogP contribution >= 0.6 is 11.6 Å². The van der Waals surface area contributed by atoms with Crippen molar-refractivity contribution in [3.8, 4) is 11.6 Å². The summed E-state index contributed by atoms with van der Waals surface area (Å²) >= 11 is 6.11. The Hall–Kier alpha value is -2.27. The van der Waals surface area contributed by atoms with Gasteiger partial charge in [-0.25, -0.2) is 4.98 Å². The number of hydrogen-bond acceptors (Lipinski definition) is 4. The predicted octanol–water partition coefficient (Wildman–Crippen LogP) is 3.78. The lowest BCUT2D eigenvalue weighted by molar-refractivity contribution is 0.102. The molecule has 1 heterocycles. The number of pyridine rings is 1. The lowest BCUT2D eigenvalue weighted by atomic mass is 10.2. The average Bonchev–Trinajstić information content (AvgIpc) is 2.51. The van der Waals surface area contributed by atoms with Gasteiger partial charge in [0.25, 0.3) is 5.91 Å². The summed E-state index contributed by atoms with van der Waals surface area (Å²) in [5.74, 6) is 0.407. The number of hydrogen-bond donors (Lipinski definition) is 1. The van der Waals surface area contributed by atoms with E-state index in [-0.39, 0.29) is 5.91 Å². The molecule has 5 nitrogen and oxygen atoms in total. The van der Waals surface area contributed by atoms with Gasteiger partial charge in [-0.05, 0) is 38.1 Å². The van der Waals surface area contributed by atoms with Gasteiger partial charge in [0.15, 0.2) is 5.75 Å². The maximum Gasteiger partial charge on any atom is 0.261 e. The molecule has 22 heavy (non-hydrogen) atoms. The van der Waals surface area contributed by atoms with Crippen LogP contribution in [0.25, 0.3) is 0 Å². The number of anilines is 1. The molecule has 1 aromatic heterocycles. The second kappa shape index (κ2) is 7.66. The van der Waals surface area contributed by atoms with E-state index in [1.807, 2.05) is 13.8 Å². The average molecular weight is 321 g/mol. The molecule has 0 spiro atoms. The Labute approximate surface area is 134 Å². The Balaban J connectivity index is 2.28. The van der Waals surface area contributed by atoms with Crippen LogP contribution in [0.3, 0.4) is 0 Å². The molecule has 1 amide bonds. The molecule has 116 valence electrons. The van der Waals surface area contributed by atoms with Crippen LogP contribution in [0.4, 0.5) is 5.69 Å². The molecule has 0 saturated heterocycles. The van der Waals surface area contributed by atoms with E-state index in [4.69, 9.17) is 21.1 Å². The lowest BCUT2D eigenvalue weighted by Crippen LogP contribution is -2.15. The Bertz CT molecular complexity index is 662. The maximum absolute atomic E-state index is 12.4. The fourth-order valence-corrected chi connectivity index (χ4v) is 2.13. The Morgan fingerprint density at radius 3 is 2.68 bits per heavy atom. The summed E-state index contributed by atoms with van der Waals surface area (Å²) in [6, 6.07) is 8.51. The van der Waals surface area contributed by atoms with Gasteiger partial charge in [-0.15, -0.1) is 0 Å². The van der Waals surface area contributed by atoms with Gasteiger partial charge >= 0.3 is 0 Å². The molecule has 6 heteroatoms. The Kier molecular flexibility index (Phi) is 5.61. The fourth-order valence-electron chi connectivity index (χ4n) is 1.90. The molecule has 0 unspecified atom stereocenters. The topological polar surface area (TPSA) is 60.5 Å². The molecule has 2 rings (SSSR count). The second-order valence-corrected chi connectivity index (χ2v) is 4.70. The molecule has 0 atom stereocenters. The molecule has 0 aliphatic rings. The van der Waals surface area contributed by atoms with Gasteiger partial charge in [-0.2, -0.15) is 0 Å². The van der Waals surface area contributed by atoms with E-state index >= 15 is 0 Å². The highest BCUT2D eigenvalue weighted by molar-refractivity contribution is 6.32. The maximum atomic E-state index is 12.4. The highest BCUT2D eigenvalue weighted by Gasteiger charge is 2.16. The normalized spacial score (nSPS) is 10.1. The molecule has 0 aliphatic heterocycles. The van der Waals surface area contributed by atoms with Crippen molar-refractivity contribution < 1.29 is 14.3 Å². The van der Waals surface area contributed by atoms with E-state index in [1.54, 1.807) is 36.5 Å². The number of nitrogens with zero attached hydrogens (tertiary/aromatic N) is 1. The molecule has 0 saturated carbocycles. The van der Waals surface area contributed by atoms with Crippen molar-refractivity contribution >= 4 is 23.2 Å². The Morgan fingerprint density at radius 1 is 1.18 bits per heavy atom. The first-order chi connectivity index (χ1) is 10.7. The van der Waals surface area contributed by atoms with Crippen LogP contribution in [0, 0.1) is 0 Å². The number of aromatic nitrogens is 1. The highest BCUT2D eigenvalue weighted by atomic mass is 35.5. The SMILES string of the molecule is CCOc1ncccc1C(=O)Nc1cccc(Cl)c1OCC. The van der Waals surface area contributed by atoms with Crippen LogP contribution in [0.1, 0.15) is 24.2 Å². The van der Waals surface area contributed by atoms with Crippen molar-refractivity contribution in [2.75, 3.05) is 18.5 Å². The summed E-state index contributed by atoms with van der Waals surface area (Å²) in [5.41, 5.74) is 0.859. The van der Waals surface area contributed by atoms with Crippen LogP contribution < -0.4 is 14.8 Å². The quantitative estimate of drug-likeness (QED) is 0.879. The van der Waals surface area contributed by atoms with E-state index < -0.39 is 0 Å². The zero-order valence-electron chi connectivity index (χ0n) is 12.4. The van der Waals surface area contributed by atoms with Gasteiger partial charge < -0.3 is 14.8 Å². The summed E-state index contributed by atoms with van der Waals surface area (Å²) < 4.78 is 10.9. The standard InChI is InChI=1S/C16H17ClN2O3/c1-3-21-14-12(17)8-5-9-13(14)19-15(20)11-7-6-10-18-16(11)22-4-2/h5-10H,3-4H2,1-2H3,(H,19,20). The summed E-state index contributed by atoms with van der Waals surface area (Å²) in [4.78, 5) is 16.5. The van der Waals surface area contributed by atoms with E-state index in [1.165, 1.54) is 0 Å². The zero-order valence-corrected chi connectivity index (χ0v) is 13.2. The number of benzene rings is 1. The van der Waals surface area contributed by atoms with Gasteiger partial charge in [0.1, 0.15) is 5.56 Å². The molecular weight excluding hydrogens is 304 g/mol. The molecule has 1 N–H and O–H groups in total. The first-order valence-corrected chi connectivity index (χ1v) is 7.35. The van der Waals surface area contributed by atoms with Crippen molar-refractivity contribution in [1.82, 2.24) is 4.98 Å². The summed E-state index contributed by atoms with van der Waals surface area (Å²) in [6.07, 6.45) is 1.58. The van der Waals surface area contributed by atoms with Crippen LogP contribution in [0.2, 0.25) is 5.02 Å². The molecule has 0 aliphatic carbocycles. The molecule has 1 aromatic carbocycles.